The summed E-state index contributed by atoms with van der Waals surface area (Å²) >= 11 is 5.95. The van der Waals surface area contributed by atoms with Crippen LogP contribution in [0.4, 0.5) is 0 Å². The van der Waals surface area contributed by atoms with Crippen molar-refractivity contribution in [2.75, 3.05) is 0 Å². The summed E-state index contributed by atoms with van der Waals surface area (Å²) in [7, 11) is 0. The Morgan fingerprint density at radius 3 is 2.32 bits per heavy atom. The lowest BCUT2D eigenvalue weighted by atomic mass is 9.77. The van der Waals surface area contributed by atoms with Crippen LogP contribution < -0.4 is 5.48 Å². The average molecular weight is 274 g/mol. The Morgan fingerprint density at radius 1 is 0.947 bits per heavy atom. The topological polar surface area (TPSA) is 32.3 Å². The number of fused-ring (bicyclic) bond motifs is 1. The highest BCUT2D eigenvalue weighted by molar-refractivity contribution is 6.30. The van der Waals surface area contributed by atoms with Crippen molar-refractivity contribution in [1.82, 2.24) is 5.48 Å². The molecule has 0 saturated heterocycles. The van der Waals surface area contributed by atoms with Crippen LogP contribution in [0.15, 0.2) is 48.5 Å². The predicted octanol–water partition coefficient (Wildman–Crippen LogP) is 4.29. The van der Waals surface area contributed by atoms with Crippen LogP contribution in [0.2, 0.25) is 5.02 Å². The molecular weight excluding hydrogens is 258 g/mol. The quantitative estimate of drug-likeness (QED) is 0.800. The Bertz CT molecular complexity index is 567. The van der Waals surface area contributed by atoms with Crippen molar-refractivity contribution in [3.05, 3.63) is 70.2 Å². The standard InChI is InChI=1S/C16H16ClNO/c17-12-7-5-11(6-8-12)13-9-10-16(18-19)15-4-2-1-3-14(13)15/h1-8,13,16,18-19H,9-10H2/t13-,16?/m0/s1. The van der Waals surface area contributed by atoms with E-state index in [2.05, 4.69) is 35.8 Å². The fourth-order valence-corrected chi connectivity index (χ4v) is 3.09. The van der Waals surface area contributed by atoms with Gasteiger partial charge < -0.3 is 5.21 Å². The number of hydrogen-bond acceptors (Lipinski definition) is 2. The molecule has 2 nitrogen and oxygen atoms in total. The van der Waals surface area contributed by atoms with Crippen molar-refractivity contribution in [3.63, 3.8) is 0 Å². The van der Waals surface area contributed by atoms with Gasteiger partial charge in [-0.25, -0.2) is 0 Å². The summed E-state index contributed by atoms with van der Waals surface area (Å²) in [6, 6.07) is 16.4. The molecule has 0 aliphatic heterocycles. The molecule has 2 aromatic rings. The second-order valence-electron chi connectivity index (χ2n) is 4.99. The molecule has 0 spiro atoms. The highest BCUT2D eigenvalue weighted by Crippen LogP contribution is 2.41. The van der Waals surface area contributed by atoms with Gasteiger partial charge in [-0.1, -0.05) is 48.0 Å². The molecule has 2 aromatic carbocycles. The van der Waals surface area contributed by atoms with E-state index >= 15 is 0 Å². The fraction of sp³-hybridized carbons (Fsp3) is 0.250. The van der Waals surface area contributed by atoms with Crippen LogP contribution >= 0.6 is 11.6 Å². The second kappa shape index (κ2) is 5.33. The van der Waals surface area contributed by atoms with E-state index in [1.54, 1.807) is 0 Å². The van der Waals surface area contributed by atoms with Crippen molar-refractivity contribution in [2.24, 2.45) is 0 Å². The number of nitrogens with one attached hydrogen (secondary N) is 1. The highest BCUT2D eigenvalue weighted by atomic mass is 35.5. The van der Waals surface area contributed by atoms with E-state index in [1.807, 2.05) is 18.2 Å². The van der Waals surface area contributed by atoms with Gasteiger partial charge in [0.15, 0.2) is 0 Å². The Hall–Kier alpha value is -1.35. The molecule has 19 heavy (non-hydrogen) atoms. The number of rotatable bonds is 2. The van der Waals surface area contributed by atoms with E-state index in [1.165, 1.54) is 16.7 Å². The molecule has 2 atom stereocenters. The summed E-state index contributed by atoms with van der Waals surface area (Å²) in [4.78, 5) is 0. The van der Waals surface area contributed by atoms with Crippen LogP contribution in [-0.2, 0) is 0 Å². The largest absolute Gasteiger partial charge is 0.316 e. The monoisotopic (exact) mass is 273 g/mol. The first-order valence-corrected chi connectivity index (χ1v) is 6.91. The van der Waals surface area contributed by atoms with Gasteiger partial charge in [-0.15, -0.1) is 0 Å². The lowest BCUT2D eigenvalue weighted by Gasteiger charge is -2.31. The normalized spacial score (nSPS) is 22.0. The molecule has 0 heterocycles. The lowest BCUT2D eigenvalue weighted by Crippen LogP contribution is -2.24. The maximum atomic E-state index is 9.26. The maximum Gasteiger partial charge on any atom is 0.0572 e. The first-order valence-electron chi connectivity index (χ1n) is 6.53. The van der Waals surface area contributed by atoms with Gasteiger partial charge in [-0.3, -0.25) is 0 Å². The summed E-state index contributed by atoms with van der Waals surface area (Å²) in [6.45, 7) is 0. The van der Waals surface area contributed by atoms with E-state index in [-0.39, 0.29) is 6.04 Å². The molecule has 0 radical (unpaired) electrons. The van der Waals surface area contributed by atoms with Crippen LogP contribution in [0.5, 0.6) is 0 Å². The molecule has 0 fully saturated rings. The molecule has 98 valence electrons. The second-order valence-corrected chi connectivity index (χ2v) is 5.43. The van der Waals surface area contributed by atoms with Crippen molar-refractivity contribution >= 4 is 11.6 Å². The molecule has 1 aliphatic carbocycles. The van der Waals surface area contributed by atoms with Crippen molar-refractivity contribution in [1.29, 1.82) is 0 Å². The third-order valence-corrected chi connectivity index (χ3v) is 4.17. The summed E-state index contributed by atoms with van der Waals surface area (Å²) < 4.78 is 0. The van der Waals surface area contributed by atoms with Gasteiger partial charge in [0.1, 0.15) is 0 Å². The minimum absolute atomic E-state index is 0.0414. The van der Waals surface area contributed by atoms with Gasteiger partial charge in [0.25, 0.3) is 0 Å². The first kappa shape index (κ1) is 12.7. The van der Waals surface area contributed by atoms with Crippen LogP contribution in [0.1, 0.15) is 41.5 Å². The Balaban J connectivity index is 2.02. The van der Waals surface area contributed by atoms with E-state index < -0.39 is 0 Å². The fourth-order valence-electron chi connectivity index (χ4n) is 2.97. The number of halogens is 1. The van der Waals surface area contributed by atoms with Crippen molar-refractivity contribution in [2.45, 2.75) is 24.8 Å². The van der Waals surface area contributed by atoms with Gasteiger partial charge in [-0.05, 0) is 41.7 Å². The van der Waals surface area contributed by atoms with Crippen molar-refractivity contribution in [3.8, 4) is 0 Å². The Labute approximate surface area is 118 Å². The molecule has 0 aromatic heterocycles. The lowest BCUT2D eigenvalue weighted by molar-refractivity contribution is 0.116. The molecule has 3 rings (SSSR count). The molecule has 0 saturated carbocycles. The molecule has 1 aliphatic rings. The van der Waals surface area contributed by atoms with Gasteiger partial charge in [-0.2, -0.15) is 5.48 Å². The summed E-state index contributed by atoms with van der Waals surface area (Å²) in [5.41, 5.74) is 6.19. The summed E-state index contributed by atoms with van der Waals surface area (Å²) in [5.74, 6) is 0.387. The Morgan fingerprint density at radius 2 is 1.63 bits per heavy atom. The van der Waals surface area contributed by atoms with E-state index in [0.29, 0.717) is 5.92 Å². The maximum absolute atomic E-state index is 9.26. The molecule has 0 amide bonds. The molecule has 2 N–H and O–H groups in total. The van der Waals surface area contributed by atoms with Gasteiger partial charge >= 0.3 is 0 Å². The minimum Gasteiger partial charge on any atom is -0.316 e. The highest BCUT2D eigenvalue weighted by Gasteiger charge is 2.27. The number of hydrogen-bond donors (Lipinski definition) is 2. The van der Waals surface area contributed by atoms with E-state index in [4.69, 9.17) is 11.6 Å². The van der Waals surface area contributed by atoms with Gasteiger partial charge in [0.2, 0.25) is 0 Å². The van der Waals surface area contributed by atoms with Crippen LogP contribution in [0.3, 0.4) is 0 Å². The third-order valence-electron chi connectivity index (χ3n) is 3.92. The van der Waals surface area contributed by atoms with Crippen LogP contribution in [0.25, 0.3) is 0 Å². The number of benzene rings is 2. The SMILES string of the molecule is ONC1CC[C@@H](c2ccc(Cl)cc2)c2ccccc21. The summed E-state index contributed by atoms with van der Waals surface area (Å²) in [6.07, 6.45) is 1.96. The summed E-state index contributed by atoms with van der Waals surface area (Å²) in [5, 5.41) is 10.0. The first-order chi connectivity index (χ1) is 9.29. The minimum atomic E-state index is 0.0414. The van der Waals surface area contributed by atoms with Crippen LogP contribution in [0, 0.1) is 0 Å². The van der Waals surface area contributed by atoms with Gasteiger partial charge in [0, 0.05) is 10.9 Å². The zero-order chi connectivity index (χ0) is 13.2. The van der Waals surface area contributed by atoms with E-state index in [9.17, 15) is 5.21 Å². The zero-order valence-electron chi connectivity index (χ0n) is 10.5. The molecule has 1 unspecified atom stereocenters. The van der Waals surface area contributed by atoms with Crippen LogP contribution in [-0.4, -0.2) is 5.21 Å². The number of hydroxylamine groups is 1. The average Bonchev–Trinajstić information content (AvgIpc) is 2.47. The Kier molecular flexibility index (Phi) is 3.56. The smallest absolute Gasteiger partial charge is 0.0572 e. The third kappa shape index (κ3) is 2.39. The van der Waals surface area contributed by atoms with Crippen molar-refractivity contribution < 1.29 is 5.21 Å². The van der Waals surface area contributed by atoms with E-state index in [0.717, 1.165) is 17.9 Å². The molecular formula is C16H16ClNO. The molecule has 3 heteroatoms. The van der Waals surface area contributed by atoms with Gasteiger partial charge in [0.05, 0.1) is 6.04 Å². The molecule has 0 bridgehead atoms. The zero-order valence-corrected chi connectivity index (χ0v) is 11.3. The predicted molar refractivity (Wildman–Crippen MR) is 76.6 cm³/mol.